The first-order valence-corrected chi connectivity index (χ1v) is 6.65. The van der Waals surface area contributed by atoms with E-state index in [-0.39, 0.29) is 24.4 Å². The first kappa shape index (κ1) is 14.6. The first-order chi connectivity index (χ1) is 9.51. The highest BCUT2D eigenvalue weighted by molar-refractivity contribution is 5.92. The van der Waals surface area contributed by atoms with Gasteiger partial charge in [-0.05, 0) is 20.8 Å². The van der Waals surface area contributed by atoms with Crippen molar-refractivity contribution in [2.45, 2.75) is 26.9 Å². The third-order valence-electron chi connectivity index (χ3n) is 3.44. The highest BCUT2D eigenvalue weighted by atomic mass is 16.5. The number of amides is 1. The van der Waals surface area contributed by atoms with E-state index in [0.717, 1.165) is 18.7 Å². The van der Waals surface area contributed by atoms with Crippen LogP contribution in [0.1, 0.15) is 23.8 Å². The van der Waals surface area contributed by atoms with Gasteiger partial charge in [0.25, 0.3) is 0 Å². The Morgan fingerprint density at radius 1 is 1.55 bits per heavy atom. The maximum absolute atomic E-state index is 12.0. The molecule has 1 amide bonds. The SMILES string of the molecule is Cc1oc(NC(=O)CN2CCO[C@H](C)C2)c(C#N)c1C. The summed E-state index contributed by atoms with van der Waals surface area (Å²) in [4.78, 5) is 14.0. The molecule has 0 aliphatic carbocycles. The number of carbonyl (C=O) groups is 1. The summed E-state index contributed by atoms with van der Waals surface area (Å²) in [5.74, 6) is 0.718. The van der Waals surface area contributed by atoms with Crippen LogP contribution in [0, 0.1) is 25.2 Å². The molecular formula is C14H19N3O3. The van der Waals surface area contributed by atoms with Gasteiger partial charge in [-0.15, -0.1) is 0 Å². The number of anilines is 1. The van der Waals surface area contributed by atoms with Crippen molar-refractivity contribution in [3.8, 4) is 6.07 Å². The van der Waals surface area contributed by atoms with Crippen LogP contribution in [0.5, 0.6) is 0 Å². The van der Waals surface area contributed by atoms with Crippen molar-refractivity contribution in [1.82, 2.24) is 4.90 Å². The minimum absolute atomic E-state index is 0.138. The molecule has 20 heavy (non-hydrogen) atoms. The van der Waals surface area contributed by atoms with Crippen molar-refractivity contribution in [2.75, 3.05) is 31.6 Å². The van der Waals surface area contributed by atoms with E-state index in [1.165, 1.54) is 0 Å². The Labute approximate surface area is 118 Å². The predicted molar refractivity (Wildman–Crippen MR) is 73.4 cm³/mol. The van der Waals surface area contributed by atoms with Crippen LogP contribution in [0.4, 0.5) is 5.88 Å². The molecule has 1 fully saturated rings. The van der Waals surface area contributed by atoms with Gasteiger partial charge in [-0.25, -0.2) is 0 Å². The average Bonchev–Trinajstić information content (AvgIpc) is 2.64. The number of aryl methyl sites for hydroxylation is 1. The summed E-state index contributed by atoms with van der Waals surface area (Å²) in [5, 5.41) is 11.8. The number of nitrogens with zero attached hydrogens (tertiary/aromatic N) is 2. The molecule has 0 radical (unpaired) electrons. The van der Waals surface area contributed by atoms with Crippen LogP contribution in [0.15, 0.2) is 4.42 Å². The maximum Gasteiger partial charge on any atom is 0.240 e. The smallest absolute Gasteiger partial charge is 0.240 e. The lowest BCUT2D eigenvalue weighted by Gasteiger charge is -2.30. The molecule has 108 valence electrons. The van der Waals surface area contributed by atoms with Gasteiger partial charge in [0.05, 0.1) is 19.3 Å². The Balaban J connectivity index is 1.98. The fourth-order valence-corrected chi connectivity index (χ4v) is 2.25. The number of furan rings is 1. The van der Waals surface area contributed by atoms with Gasteiger partial charge in [-0.2, -0.15) is 5.26 Å². The maximum atomic E-state index is 12.0. The van der Waals surface area contributed by atoms with Crippen molar-refractivity contribution in [1.29, 1.82) is 5.26 Å². The number of rotatable bonds is 3. The van der Waals surface area contributed by atoms with E-state index < -0.39 is 0 Å². The van der Waals surface area contributed by atoms with Crippen molar-refractivity contribution < 1.29 is 13.9 Å². The van der Waals surface area contributed by atoms with Crippen LogP contribution in [-0.2, 0) is 9.53 Å². The van der Waals surface area contributed by atoms with E-state index in [0.29, 0.717) is 17.9 Å². The van der Waals surface area contributed by atoms with Crippen LogP contribution >= 0.6 is 0 Å². The number of nitrogens with one attached hydrogen (secondary N) is 1. The Hall–Kier alpha value is -1.84. The summed E-state index contributed by atoms with van der Waals surface area (Å²) in [7, 11) is 0. The Bertz CT molecular complexity index is 545. The Kier molecular flexibility index (Phi) is 4.42. The van der Waals surface area contributed by atoms with Gasteiger partial charge in [0.2, 0.25) is 11.8 Å². The third-order valence-corrected chi connectivity index (χ3v) is 3.44. The minimum Gasteiger partial charge on any atom is -0.444 e. The topological polar surface area (TPSA) is 78.5 Å². The number of hydrogen-bond donors (Lipinski definition) is 1. The molecule has 0 aromatic carbocycles. The zero-order chi connectivity index (χ0) is 14.7. The fourth-order valence-electron chi connectivity index (χ4n) is 2.25. The normalized spacial score (nSPS) is 19.6. The van der Waals surface area contributed by atoms with Crippen LogP contribution in [-0.4, -0.2) is 43.2 Å². The van der Waals surface area contributed by atoms with E-state index in [4.69, 9.17) is 14.4 Å². The molecule has 1 atom stereocenters. The molecule has 1 N–H and O–H groups in total. The lowest BCUT2D eigenvalue weighted by Crippen LogP contribution is -2.44. The molecule has 6 heteroatoms. The summed E-state index contributed by atoms with van der Waals surface area (Å²) >= 11 is 0. The number of ether oxygens (including phenoxy) is 1. The van der Waals surface area contributed by atoms with Gasteiger partial charge in [-0.1, -0.05) is 0 Å². The third kappa shape index (κ3) is 3.18. The summed E-state index contributed by atoms with van der Waals surface area (Å²) in [6.45, 7) is 7.94. The lowest BCUT2D eigenvalue weighted by molar-refractivity contribution is -0.119. The highest BCUT2D eigenvalue weighted by Gasteiger charge is 2.21. The van der Waals surface area contributed by atoms with Crippen LogP contribution < -0.4 is 5.32 Å². The van der Waals surface area contributed by atoms with E-state index >= 15 is 0 Å². The van der Waals surface area contributed by atoms with Gasteiger partial charge in [-0.3, -0.25) is 15.0 Å². The molecule has 2 heterocycles. The number of carbonyl (C=O) groups excluding carboxylic acids is 1. The van der Waals surface area contributed by atoms with Crippen molar-refractivity contribution in [3.63, 3.8) is 0 Å². The van der Waals surface area contributed by atoms with Crippen LogP contribution in [0.2, 0.25) is 0 Å². The van der Waals surface area contributed by atoms with E-state index in [9.17, 15) is 4.79 Å². The largest absolute Gasteiger partial charge is 0.444 e. The zero-order valence-electron chi connectivity index (χ0n) is 12.0. The van der Waals surface area contributed by atoms with Gasteiger partial charge < -0.3 is 9.15 Å². The zero-order valence-corrected chi connectivity index (χ0v) is 12.0. The first-order valence-electron chi connectivity index (χ1n) is 6.65. The molecule has 2 rings (SSSR count). The molecule has 1 aliphatic heterocycles. The van der Waals surface area contributed by atoms with E-state index in [1.54, 1.807) is 13.8 Å². The minimum atomic E-state index is -0.177. The molecule has 0 bridgehead atoms. The monoisotopic (exact) mass is 277 g/mol. The lowest BCUT2D eigenvalue weighted by atomic mass is 10.2. The molecule has 0 unspecified atom stereocenters. The molecule has 0 spiro atoms. The molecule has 1 saturated heterocycles. The van der Waals surface area contributed by atoms with Gasteiger partial charge in [0, 0.05) is 18.7 Å². The molecule has 6 nitrogen and oxygen atoms in total. The second-order valence-electron chi connectivity index (χ2n) is 5.06. The molecule has 1 aromatic rings. The second kappa shape index (κ2) is 6.07. The predicted octanol–water partition coefficient (Wildman–Crippen LogP) is 1.43. The summed E-state index contributed by atoms with van der Waals surface area (Å²) < 4.78 is 10.8. The fraction of sp³-hybridized carbons (Fsp3) is 0.571. The standard InChI is InChI=1S/C14H19N3O3/c1-9-7-17(4-5-19-9)8-13(18)16-14-12(6-15)10(2)11(3)20-14/h9H,4-5,7-8H2,1-3H3,(H,16,18)/t9-/m1/s1. The molecular weight excluding hydrogens is 258 g/mol. The molecule has 1 aromatic heterocycles. The molecule has 1 aliphatic rings. The number of morpholine rings is 1. The van der Waals surface area contributed by atoms with Crippen molar-refractivity contribution in [2.24, 2.45) is 0 Å². The number of hydrogen-bond acceptors (Lipinski definition) is 5. The second-order valence-corrected chi connectivity index (χ2v) is 5.06. The van der Waals surface area contributed by atoms with Crippen LogP contribution in [0.25, 0.3) is 0 Å². The number of nitriles is 1. The summed E-state index contributed by atoms with van der Waals surface area (Å²) in [6.07, 6.45) is 0.138. The van der Waals surface area contributed by atoms with E-state index in [2.05, 4.69) is 11.4 Å². The molecule has 0 saturated carbocycles. The summed E-state index contributed by atoms with van der Waals surface area (Å²) in [5.41, 5.74) is 1.16. The van der Waals surface area contributed by atoms with Gasteiger partial charge >= 0.3 is 0 Å². The van der Waals surface area contributed by atoms with E-state index in [1.807, 2.05) is 11.8 Å². The summed E-state index contributed by atoms with van der Waals surface area (Å²) in [6, 6.07) is 2.06. The quantitative estimate of drug-likeness (QED) is 0.904. The average molecular weight is 277 g/mol. The van der Waals surface area contributed by atoms with Crippen LogP contribution in [0.3, 0.4) is 0 Å². The highest BCUT2D eigenvalue weighted by Crippen LogP contribution is 2.25. The van der Waals surface area contributed by atoms with Gasteiger partial charge in [0.15, 0.2) is 0 Å². The van der Waals surface area contributed by atoms with Crippen molar-refractivity contribution in [3.05, 3.63) is 16.9 Å². The Morgan fingerprint density at radius 2 is 2.30 bits per heavy atom. The van der Waals surface area contributed by atoms with Crippen molar-refractivity contribution >= 4 is 11.8 Å². The van der Waals surface area contributed by atoms with Gasteiger partial charge in [0.1, 0.15) is 17.4 Å². The Morgan fingerprint density at radius 3 is 2.95 bits per heavy atom.